The minimum Gasteiger partial charge on any atom is -0.392 e. The van der Waals surface area contributed by atoms with E-state index in [0.29, 0.717) is 11.8 Å². The third kappa shape index (κ3) is 3.53. The fourth-order valence-corrected chi connectivity index (χ4v) is 2.23. The third-order valence-electron chi connectivity index (χ3n) is 3.64. The first-order chi connectivity index (χ1) is 7.19. The maximum absolute atomic E-state index is 10.1. The molecule has 2 unspecified atom stereocenters. The van der Waals surface area contributed by atoms with Crippen molar-refractivity contribution in [3.8, 4) is 0 Å². The van der Waals surface area contributed by atoms with Gasteiger partial charge in [-0.2, -0.15) is 0 Å². The van der Waals surface area contributed by atoms with Crippen molar-refractivity contribution in [1.29, 1.82) is 0 Å². The van der Waals surface area contributed by atoms with E-state index >= 15 is 0 Å². The molecule has 84 valence electrons. The maximum Gasteiger partial charge on any atom is 0.154 e. The molecule has 0 spiro atoms. The molecule has 0 saturated heterocycles. The number of aliphatic hydroxyl groups is 1. The smallest absolute Gasteiger partial charge is 0.154 e. The Bertz CT molecular complexity index is 245. The number of hydrogen-bond donors (Lipinski definition) is 1. The number of hydrogen-bond acceptors (Lipinski definition) is 1. The summed E-state index contributed by atoms with van der Waals surface area (Å²) in [6.07, 6.45) is 9.48. The van der Waals surface area contributed by atoms with Gasteiger partial charge in [-0.15, -0.1) is 0 Å². The molecule has 1 nitrogen and oxygen atoms in total. The first-order valence-electron chi connectivity index (χ1n) is 6.22. The fourth-order valence-electron chi connectivity index (χ4n) is 2.23. The largest absolute Gasteiger partial charge is 0.392 e. The van der Waals surface area contributed by atoms with Crippen LogP contribution in [0, 0.1) is 11.8 Å². The van der Waals surface area contributed by atoms with Crippen LogP contribution in [0.5, 0.6) is 0 Å². The van der Waals surface area contributed by atoms with Crippen LogP contribution in [0.4, 0.5) is 0 Å². The second-order valence-electron chi connectivity index (χ2n) is 4.62. The predicted molar refractivity (Wildman–Crippen MR) is 68.4 cm³/mol. The van der Waals surface area contributed by atoms with Crippen molar-refractivity contribution in [2.45, 2.75) is 46.0 Å². The molecule has 0 aromatic rings. The highest BCUT2D eigenvalue weighted by Gasteiger charge is 2.23. The van der Waals surface area contributed by atoms with Crippen molar-refractivity contribution in [3.05, 3.63) is 23.7 Å². The lowest BCUT2D eigenvalue weighted by Crippen LogP contribution is -2.26. The number of aliphatic hydroxyl groups excluding tert-OH is 1. The van der Waals surface area contributed by atoms with E-state index in [4.69, 9.17) is 0 Å². The first kappa shape index (κ1) is 12.6. The second kappa shape index (κ2) is 6.17. The summed E-state index contributed by atoms with van der Waals surface area (Å²) < 4.78 is 0. The van der Waals surface area contributed by atoms with E-state index in [1.165, 1.54) is 5.47 Å². The summed E-state index contributed by atoms with van der Waals surface area (Å²) >= 11 is 0. The van der Waals surface area contributed by atoms with Crippen LogP contribution >= 0.6 is 0 Å². The minimum absolute atomic E-state index is 0.161. The van der Waals surface area contributed by atoms with E-state index in [-0.39, 0.29) is 6.10 Å². The molecule has 3 atom stereocenters. The van der Waals surface area contributed by atoms with E-state index < -0.39 is 0 Å². The molecule has 1 aliphatic rings. The van der Waals surface area contributed by atoms with E-state index in [1.807, 2.05) is 0 Å². The minimum atomic E-state index is -0.161. The van der Waals surface area contributed by atoms with Crippen LogP contribution in [-0.2, 0) is 0 Å². The van der Waals surface area contributed by atoms with Gasteiger partial charge >= 0.3 is 0 Å². The van der Waals surface area contributed by atoms with Crippen LogP contribution in [0.1, 0.15) is 33.1 Å². The van der Waals surface area contributed by atoms with Crippen molar-refractivity contribution in [2.75, 3.05) is 0 Å². The average molecular weight is 206 g/mol. The molecule has 0 heterocycles. The van der Waals surface area contributed by atoms with E-state index in [9.17, 15) is 5.11 Å². The molecule has 1 aliphatic carbocycles. The van der Waals surface area contributed by atoms with Gasteiger partial charge in [0.2, 0.25) is 0 Å². The molecule has 0 saturated carbocycles. The van der Waals surface area contributed by atoms with Gasteiger partial charge in [-0.3, -0.25) is 0 Å². The van der Waals surface area contributed by atoms with Gasteiger partial charge in [0.15, 0.2) is 7.28 Å². The average Bonchev–Trinajstić information content (AvgIpc) is 2.24. The molecule has 0 fully saturated rings. The summed E-state index contributed by atoms with van der Waals surface area (Å²) in [6, 6.07) is 0. The molecule has 2 heteroatoms. The van der Waals surface area contributed by atoms with E-state index in [1.54, 1.807) is 0 Å². The van der Waals surface area contributed by atoms with Crippen LogP contribution < -0.4 is 0 Å². The van der Waals surface area contributed by atoms with Crippen LogP contribution in [-0.4, -0.2) is 18.5 Å². The molecular formula is C13H23BO. The zero-order chi connectivity index (χ0) is 11.3. The lowest BCUT2D eigenvalue weighted by Gasteiger charge is -2.27. The zero-order valence-corrected chi connectivity index (χ0v) is 10.2. The van der Waals surface area contributed by atoms with Crippen molar-refractivity contribution in [3.63, 3.8) is 0 Å². The first-order valence-corrected chi connectivity index (χ1v) is 6.22. The number of rotatable bonds is 3. The number of allylic oxidation sites excluding steroid dienone is 3. The molecular weight excluding hydrogens is 183 g/mol. The monoisotopic (exact) mass is 206 g/mol. The Kier molecular flexibility index (Phi) is 5.17. The maximum atomic E-state index is 10.1. The van der Waals surface area contributed by atoms with Gasteiger partial charge in [0.25, 0.3) is 0 Å². The Morgan fingerprint density at radius 3 is 2.87 bits per heavy atom. The second-order valence-corrected chi connectivity index (χ2v) is 4.62. The molecule has 15 heavy (non-hydrogen) atoms. The summed E-state index contributed by atoms with van der Waals surface area (Å²) in [6.45, 7) is 6.61. The van der Waals surface area contributed by atoms with Gasteiger partial charge in [0.1, 0.15) is 0 Å². The quantitative estimate of drug-likeness (QED) is 0.704. The summed E-state index contributed by atoms with van der Waals surface area (Å²) in [5.74, 6) is 1.04. The standard InChI is InChI=1S/C13H23BO/c1-4-10(2)12-7-5-6-11(14-3)8-9-13(12)15/h5-6,8,10,12-15H,4,7,9H2,1-3H3/b6-5?,11-8+/t10?,12-,13?/m0/s1. The predicted octanol–water partition coefficient (Wildman–Crippen LogP) is 2.73. The topological polar surface area (TPSA) is 20.2 Å². The lowest BCUT2D eigenvalue weighted by atomic mass is 9.70. The van der Waals surface area contributed by atoms with Crippen LogP contribution in [0.2, 0.25) is 6.82 Å². The molecule has 0 bridgehead atoms. The van der Waals surface area contributed by atoms with E-state index in [2.05, 4.69) is 38.9 Å². The molecule has 0 aromatic carbocycles. The Morgan fingerprint density at radius 1 is 1.53 bits per heavy atom. The highest BCUT2D eigenvalue weighted by Crippen LogP contribution is 2.27. The van der Waals surface area contributed by atoms with Crippen molar-refractivity contribution < 1.29 is 5.11 Å². The molecule has 1 rings (SSSR count). The summed E-state index contributed by atoms with van der Waals surface area (Å²) in [4.78, 5) is 0. The fraction of sp³-hybridized carbons (Fsp3) is 0.692. The Labute approximate surface area is 94.5 Å². The van der Waals surface area contributed by atoms with Crippen LogP contribution in [0.25, 0.3) is 0 Å². The van der Waals surface area contributed by atoms with Gasteiger partial charge in [0.05, 0.1) is 6.10 Å². The van der Waals surface area contributed by atoms with E-state index in [0.717, 1.165) is 26.5 Å². The molecule has 0 aromatic heterocycles. The van der Waals surface area contributed by atoms with Gasteiger partial charge in [0, 0.05) is 0 Å². The molecule has 1 N–H and O–H groups in total. The highest BCUT2D eigenvalue weighted by atomic mass is 16.3. The summed E-state index contributed by atoms with van der Waals surface area (Å²) in [7, 11) is 1.07. The normalized spacial score (nSPS) is 32.4. The Morgan fingerprint density at radius 2 is 2.27 bits per heavy atom. The molecule has 0 amide bonds. The Hall–Kier alpha value is -0.495. The lowest BCUT2D eigenvalue weighted by molar-refractivity contribution is 0.0789. The third-order valence-corrected chi connectivity index (χ3v) is 3.64. The van der Waals surface area contributed by atoms with Gasteiger partial charge < -0.3 is 5.11 Å². The molecule has 0 radical (unpaired) electrons. The summed E-state index contributed by atoms with van der Waals surface area (Å²) in [5.41, 5.74) is 1.36. The summed E-state index contributed by atoms with van der Waals surface area (Å²) in [5, 5.41) is 10.1. The Balaban J connectivity index is 2.67. The van der Waals surface area contributed by atoms with Crippen molar-refractivity contribution in [1.82, 2.24) is 0 Å². The SMILES string of the molecule is CB/C1=C/CC(O)[C@H](C(C)CC)CC=C1. The van der Waals surface area contributed by atoms with Gasteiger partial charge in [-0.05, 0) is 24.7 Å². The van der Waals surface area contributed by atoms with Crippen molar-refractivity contribution >= 4 is 7.28 Å². The molecule has 0 aliphatic heterocycles. The highest BCUT2D eigenvalue weighted by molar-refractivity contribution is 6.44. The van der Waals surface area contributed by atoms with Crippen LogP contribution in [0.15, 0.2) is 23.7 Å². The van der Waals surface area contributed by atoms with Gasteiger partial charge in [-0.1, -0.05) is 50.8 Å². The zero-order valence-electron chi connectivity index (χ0n) is 10.2. The van der Waals surface area contributed by atoms with Crippen molar-refractivity contribution in [2.24, 2.45) is 11.8 Å². The van der Waals surface area contributed by atoms with Crippen LogP contribution in [0.3, 0.4) is 0 Å². The van der Waals surface area contributed by atoms with Gasteiger partial charge in [-0.25, -0.2) is 0 Å².